The summed E-state index contributed by atoms with van der Waals surface area (Å²) in [5, 5.41) is 0. The highest BCUT2D eigenvalue weighted by Gasteiger charge is 2.19. The average Bonchev–Trinajstić information content (AvgIpc) is 2.89. The molecular formula is C14H16BrNO4S2. The molecule has 0 radical (unpaired) electrons. The summed E-state index contributed by atoms with van der Waals surface area (Å²) in [7, 11) is -3.66. The number of hydrogen-bond donors (Lipinski definition) is 1. The second-order valence-corrected chi connectivity index (χ2v) is 8.56. The van der Waals surface area contributed by atoms with Crippen molar-refractivity contribution in [3.8, 4) is 11.5 Å². The van der Waals surface area contributed by atoms with Crippen molar-refractivity contribution in [2.45, 2.75) is 18.1 Å². The Labute approximate surface area is 142 Å². The Bertz CT molecular complexity index is 743. The van der Waals surface area contributed by atoms with Crippen molar-refractivity contribution in [2.75, 3.05) is 17.9 Å². The van der Waals surface area contributed by atoms with Crippen LogP contribution in [0.3, 0.4) is 0 Å². The Kier molecular flexibility index (Phi) is 5.71. The van der Waals surface area contributed by atoms with Crippen molar-refractivity contribution in [1.29, 1.82) is 0 Å². The summed E-state index contributed by atoms with van der Waals surface area (Å²) in [4.78, 5) is 0. The van der Waals surface area contributed by atoms with Crippen LogP contribution in [0, 0.1) is 0 Å². The van der Waals surface area contributed by atoms with Gasteiger partial charge in [-0.2, -0.15) is 0 Å². The van der Waals surface area contributed by atoms with Crippen molar-refractivity contribution in [1.82, 2.24) is 0 Å². The molecule has 1 heterocycles. The van der Waals surface area contributed by atoms with Crippen LogP contribution in [0.2, 0.25) is 0 Å². The highest BCUT2D eigenvalue weighted by Crippen LogP contribution is 2.33. The molecular weight excluding hydrogens is 390 g/mol. The van der Waals surface area contributed by atoms with Gasteiger partial charge >= 0.3 is 0 Å². The van der Waals surface area contributed by atoms with Gasteiger partial charge in [0, 0.05) is 6.07 Å². The summed E-state index contributed by atoms with van der Waals surface area (Å²) in [6.07, 6.45) is 0. The fourth-order valence-corrected chi connectivity index (χ4v) is 4.83. The first kappa shape index (κ1) is 17.1. The molecule has 0 saturated heterocycles. The zero-order chi connectivity index (χ0) is 16.2. The van der Waals surface area contributed by atoms with Crippen LogP contribution >= 0.6 is 27.3 Å². The van der Waals surface area contributed by atoms with Crippen LogP contribution in [-0.2, 0) is 10.0 Å². The molecule has 22 heavy (non-hydrogen) atoms. The maximum Gasteiger partial charge on any atom is 0.271 e. The largest absolute Gasteiger partial charge is 0.494 e. The number of rotatable bonds is 7. The van der Waals surface area contributed by atoms with E-state index in [9.17, 15) is 8.42 Å². The molecule has 0 aliphatic heterocycles. The van der Waals surface area contributed by atoms with E-state index in [1.165, 1.54) is 0 Å². The van der Waals surface area contributed by atoms with Crippen molar-refractivity contribution >= 4 is 43.0 Å². The SMILES string of the molecule is CCOc1ccc(OCC)c(NS(=O)(=O)c2ccc(Br)s2)c1. The van der Waals surface area contributed by atoms with E-state index >= 15 is 0 Å². The number of benzene rings is 1. The van der Waals surface area contributed by atoms with Gasteiger partial charge in [0.15, 0.2) is 0 Å². The lowest BCUT2D eigenvalue weighted by Crippen LogP contribution is -2.12. The van der Waals surface area contributed by atoms with Crippen LogP contribution in [-0.4, -0.2) is 21.6 Å². The van der Waals surface area contributed by atoms with Crippen molar-refractivity contribution in [3.05, 3.63) is 34.1 Å². The van der Waals surface area contributed by atoms with Gasteiger partial charge in [0.05, 0.1) is 22.7 Å². The topological polar surface area (TPSA) is 64.6 Å². The maximum atomic E-state index is 12.4. The van der Waals surface area contributed by atoms with Crippen molar-refractivity contribution < 1.29 is 17.9 Å². The quantitative estimate of drug-likeness (QED) is 0.752. The normalized spacial score (nSPS) is 11.2. The summed E-state index contributed by atoms with van der Waals surface area (Å²) in [5.74, 6) is 1.04. The van der Waals surface area contributed by atoms with E-state index in [1.54, 1.807) is 30.3 Å². The minimum atomic E-state index is -3.66. The zero-order valence-corrected chi connectivity index (χ0v) is 15.3. The van der Waals surface area contributed by atoms with E-state index < -0.39 is 10.0 Å². The standard InChI is InChI=1S/C14H16BrNO4S2/c1-3-19-10-5-6-12(20-4-2)11(9-10)16-22(17,18)14-8-7-13(15)21-14/h5-9,16H,3-4H2,1-2H3. The predicted molar refractivity (Wildman–Crippen MR) is 91.6 cm³/mol. The molecule has 2 rings (SSSR count). The van der Waals surface area contributed by atoms with Crippen LogP contribution in [0.4, 0.5) is 5.69 Å². The molecule has 0 bridgehead atoms. The number of nitrogens with one attached hydrogen (secondary N) is 1. The lowest BCUT2D eigenvalue weighted by molar-refractivity contribution is 0.332. The van der Waals surface area contributed by atoms with Gasteiger partial charge in [0.25, 0.3) is 10.0 Å². The van der Waals surface area contributed by atoms with Crippen molar-refractivity contribution in [2.24, 2.45) is 0 Å². The highest BCUT2D eigenvalue weighted by atomic mass is 79.9. The molecule has 0 aliphatic carbocycles. The van der Waals surface area contributed by atoms with Gasteiger partial charge < -0.3 is 9.47 Å². The second-order valence-electron chi connectivity index (χ2n) is 4.19. The Morgan fingerprint density at radius 3 is 2.45 bits per heavy atom. The molecule has 120 valence electrons. The van der Waals surface area contributed by atoms with Gasteiger partial charge in [-0.25, -0.2) is 8.42 Å². The third-order valence-corrected chi connectivity index (χ3v) is 6.10. The van der Waals surface area contributed by atoms with Gasteiger partial charge in [-0.05, 0) is 54.0 Å². The number of hydrogen-bond acceptors (Lipinski definition) is 5. The monoisotopic (exact) mass is 405 g/mol. The van der Waals surface area contributed by atoms with E-state index in [1.807, 2.05) is 13.8 Å². The van der Waals surface area contributed by atoms with E-state index in [-0.39, 0.29) is 4.21 Å². The summed E-state index contributed by atoms with van der Waals surface area (Å²) < 4.78 is 39.3. The first-order valence-corrected chi connectivity index (χ1v) is 9.73. The molecule has 0 aliphatic rings. The lowest BCUT2D eigenvalue weighted by Gasteiger charge is -2.14. The van der Waals surface area contributed by atoms with E-state index in [2.05, 4.69) is 20.7 Å². The van der Waals surface area contributed by atoms with Crippen LogP contribution in [0.15, 0.2) is 38.3 Å². The Morgan fingerprint density at radius 1 is 1.14 bits per heavy atom. The molecule has 0 amide bonds. The summed E-state index contributed by atoms with van der Waals surface area (Å²) in [5.41, 5.74) is 0.359. The molecule has 8 heteroatoms. The van der Waals surface area contributed by atoms with Crippen molar-refractivity contribution in [3.63, 3.8) is 0 Å². The molecule has 1 aromatic heterocycles. The van der Waals surface area contributed by atoms with Crippen LogP contribution in [0.5, 0.6) is 11.5 Å². The summed E-state index contributed by atoms with van der Waals surface area (Å²) in [6, 6.07) is 8.29. The predicted octanol–water partition coefficient (Wildman–Crippen LogP) is 4.11. The molecule has 5 nitrogen and oxygen atoms in total. The number of sulfonamides is 1. The molecule has 1 N–H and O–H groups in total. The minimum Gasteiger partial charge on any atom is -0.494 e. The molecule has 0 saturated carbocycles. The molecule has 0 fully saturated rings. The average molecular weight is 406 g/mol. The number of anilines is 1. The fraction of sp³-hybridized carbons (Fsp3) is 0.286. The summed E-state index contributed by atoms with van der Waals surface area (Å²) >= 11 is 4.40. The number of halogens is 1. The zero-order valence-electron chi connectivity index (χ0n) is 12.1. The van der Waals surface area contributed by atoms with E-state index in [4.69, 9.17) is 9.47 Å². The number of thiophene rings is 1. The second kappa shape index (κ2) is 7.34. The molecule has 0 spiro atoms. The van der Waals surface area contributed by atoms with Crippen LogP contribution < -0.4 is 14.2 Å². The molecule has 2 aromatic rings. The third-order valence-electron chi connectivity index (χ3n) is 2.62. The van der Waals surface area contributed by atoms with Gasteiger partial charge in [0.1, 0.15) is 15.7 Å². The van der Waals surface area contributed by atoms with E-state index in [0.717, 1.165) is 15.1 Å². The third kappa shape index (κ3) is 4.15. The van der Waals surface area contributed by atoms with Gasteiger partial charge in [0.2, 0.25) is 0 Å². The Balaban J connectivity index is 2.35. The lowest BCUT2D eigenvalue weighted by atomic mass is 10.3. The molecule has 0 atom stereocenters. The molecule has 0 unspecified atom stereocenters. The summed E-state index contributed by atoms with van der Waals surface area (Å²) in [6.45, 7) is 4.64. The fourth-order valence-electron chi connectivity index (χ4n) is 1.76. The first-order valence-electron chi connectivity index (χ1n) is 6.64. The first-order chi connectivity index (χ1) is 10.5. The maximum absolute atomic E-state index is 12.4. The van der Waals surface area contributed by atoms with Gasteiger partial charge in [-0.15, -0.1) is 11.3 Å². The smallest absolute Gasteiger partial charge is 0.271 e. The number of ether oxygens (including phenoxy) is 2. The molecule has 1 aromatic carbocycles. The minimum absolute atomic E-state index is 0.226. The Morgan fingerprint density at radius 2 is 1.86 bits per heavy atom. The van der Waals surface area contributed by atoms with Gasteiger partial charge in [-0.3, -0.25) is 4.72 Å². The van der Waals surface area contributed by atoms with Crippen LogP contribution in [0.25, 0.3) is 0 Å². The highest BCUT2D eigenvalue weighted by molar-refractivity contribution is 9.11. The van der Waals surface area contributed by atoms with Crippen LogP contribution in [0.1, 0.15) is 13.8 Å². The van der Waals surface area contributed by atoms with Gasteiger partial charge in [-0.1, -0.05) is 0 Å². The van der Waals surface area contributed by atoms with E-state index in [0.29, 0.717) is 30.4 Å². The Hall–Kier alpha value is -1.25.